The van der Waals surface area contributed by atoms with Crippen LogP contribution in [0.1, 0.15) is 47.5 Å². The first-order valence-electron chi connectivity index (χ1n) is 12.2. The van der Waals surface area contributed by atoms with E-state index < -0.39 is 17.5 Å². The summed E-state index contributed by atoms with van der Waals surface area (Å²) < 4.78 is 38.3. The molecule has 0 saturated carbocycles. The number of pyridine rings is 2. The van der Waals surface area contributed by atoms with Crippen molar-refractivity contribution in [2.75, 3.05) is 30.4 Å². The molecule has 0 radical (unpaired) electrons. The zero-order valence-electron chi connectivity index (χ0n) is 21.3. The van der Waals surface area contributed by atoms with Crippen molar-refractivity contribution in [2.24, 2.45) is 0 Å². The molecule has 4 rings (SSSR count). The number of piperidine rings is 1. The van der Waals surface area contributed by atoms with Crippen LogP contribution in [0.15, 0.2) is 48.8 Å². The van der Waals surface area contributed by atoms with Crippen LogP contribution in [0, 0.1) is 11.6 Å². The topological polar surface area (TPSA) is 106 Å². The van der Waals surface area contributed by atoms with Gasteiger partial charge in [0.05, 0.1) is 24.7 Å². The third-order valence-electron chi connectivity index (χ3n) is 5.96. The molecule has 200 valence electrons. The predicted molar refractivity (Wildman–Crippen MR) is 138 cm³/mol. The number of hydrogen-bond donors (Lipinski definition) is 2. The van der Waals surface area contributed by atoms with Crippen molar-refractivity contribution >= 4 is 23.2 Å². The van der Waals surface area contributed by atoms with Crippen molar-refractivity contribution in [1.29, 1.82) is 0 Å². The van der Waals surface area contributed by atoms with Crippen molar-refractivity contribution in [3.8, 4) is 11.6 Å². The number of hydrogen-bond acceptors (Lipinski definition) is 7. The Morgan fingerprint density at radius 3 is 2.53 bits per heavy atom. The first-order valence-corrected chi connectivity index (χ1v) is 12.2. The fourth-order valence-electron chi connectivity index (χ4n) is 4.14. The molecule has 0 aliphatic carbocycles. The maximum absolute atomic E-state index is 14.1. The number of ether oxygens (including phenoxy) is 2. The van der Waals surface area contributed by atoms with Crippen molar-refractivity contribution in [3.05, 3.63) is 71.7 Å². The molecule has 1 aliphatic heterocycles. The molecule has 2 N–H and O–H groups in total. The lowest BCUT2D eigenvalue weighted by Crippen LogP contribution is -2.39. The summed E-state index contributed by atoms with van der Waals surface area (Å²) >= 11 is 0. The van der Waals surface area contributed by atoms with Gasteiger partial charge in [-0.2, -0.15) is 0 Å². The second kappa shape index (κ2) is 11.8. The van der Waals surface area contributed by atoms with Crippen LogP contribution in [0.25, 0.3) is 0 Å². The van der Waals surface area contributed by atoms with Crippen LogP contribution in [0.2, 0.25) is 0 Å². The zero-order valence-corrected chi connectivity index (χ0v) is 21.3. The smallest absolute Gasteiger partial charge is 0.270 e. The first-order chi connectivity index (χ1) is 18.2. The molecular formula is C27H29F2N5O4. The number of rotatable bonds is 8. The third kappa shape index (κ3) is 6.34. The van der Waals surface area contributed by atoms with Crippen LogP contribution >= 0.6 is 0 Å². The summed E-state index contributed by atoms with van der Waals surface area (Å²) in [6, 6.07) is 8.00. The number of carbonyl (C=O) groups excluding carboxylic acids is 2. The number of nitrogens with one attached hydrogen (secondary N) is 2. The minimum Gasteiger partial charge on any atom is -0.487 e. The fraction of sp³-hybridized carbons (Fsp3) is 0.333. The van der Waals surface area contributed by atoms with Gasteiger partial charge in [-0.05, 0) is 44.2 Å². The number of carbonyl (C=O) groups is 2. The summed E-state index contributed by atoms with van der Waals surface area (Å²) in [6.45, 7) is 4.70. The van der Waals surface area contributed by atoms with Gasteiger partial charge < -0.3 is 25.0 Å². The standard InChI is InChI=1S/C27H29F2N5O4/c1-16(2)32-26(36)21-14-23(22(15-31-21)33-25(35)19-5-4-10-30-27(19)37-3)34-11-8-18(9-12-34)38-24-7-6-17(28)13-20(24)29/h4-7,10,13-16,18H,8-9,11-12H2,1-3H3,(H,32,36)(H,33,35). The highest BCUT2D eigenvalue weighted by Crippen LogP contribution is 2.31. The minimum atomic E-state index is -0.752. The Hall–Kier alpha value is -4.28. The van der Waals surface area contributed by atoms with Crippen molar-refractivity contribution in [3.63, 3.8) is 0 Å². The van der Waals surface area contributed by atoms with E-state index in [1.165, 1.54) is 25.6 Å². The molecule has 1 aromatic carbocycles. The Bertz CT molecular complexity index is 1310. The lowest BCUT2D eigenvalue weighted by Gasteiger charge is -2.35. The van der Waals surface area contributed by atoms with E-state index in [1.807, 2.05) is 18.7 Å². The average Bonchev–Trinajstić information content (AvgIpc) is 2.90. The fourth-order valence-corrected chi connectivity index (χ4v) is 4.14. The van der Waals surface area contributed by atoms with Crippen molar-refractivity contribution < 1.29 is 27.8 Å². The van der Waals surface area contributed by atoms with Crippen LogP contribution in [0.4, 0.5) is 20.2 Å². The molecule has 9 nitrogen and oxygen atoms in total. The number of amides is 2. The lowest BCUT2D eigenvalue weighted by molar-refractivity contribution is 0.0937. The summed E-state index contributed by atoms with van der Waals surface area (Å²) in [5.41, 5.74) is 1.47. The van der Waals surface area contributed by atoms with Gasteiger partial charge in [0.1, 0.15) is 23.2 Å². The minimum absolute atomic E-state index is 0.000209. The van der Waals surface area contributed by atoms with Crippen molar-refractivity contribution in [1.82, 2.24) is 15.3 Å². The van der Waals surface area contributed by atoms with Gasteiger partial charge in [-0.1, -0.05) is 0 Å². The zero-order chi connectivity index (χ0) is 27.2. The van der Waals surface area contributed by atoms with Gasteiger partial charge in [0, 0.05) is 44.2 Å². The van der Waals surface area contributed by atoms with E-state index in [4.69, 9.17) is 9.47 Å². The molecule has 2 aromatic heterocycles. The maximum atomic E-state index is 14.1. The Morgan fingerprint density at radius 2 is 1.84 bits per heavy atom. The highest BCUT2D eigenvalue weighted by molar-refractivity contribution is 6.07. The van der Waals surface area contributed by atoms with Gasteiger partial charge in [-0.25, -0.2) is 18.7 Å². The van der Waals surface area contributed by atoms with E-state index in [-0.39, 0.29) is 40.9 Å². The molecule has 0 atom stereocenters. The molecule has 38 heavy (non-hydrogen) atoms. The summed E-state index contributed by atoms with van der Waals surface area (Å²) in [6.07, 6.45) is 3.76. The van der Waals surface area contributed by atoms with Gasteiger partial charge in [-0.3, -0.25) is 9.59 Å². The predicted octanol–water partition coefficient (Wildman–Crippen LogP) is 4.20. The summed E-state index contributed by atoms with van der Waals surface area (Å²) in [4.78, 5) is 36.1. The van der Waals surface area contributed by atoms with Gasteiger partial charge in [0.2, 0.25) is 5.88 Å². The largest absolute Gasteiger partial charge is 0.487 e. The first kappa shape index (κ1) is 26.8. The molecule has 0 bridgehead atoms. The molecule has 1 fully saturated rings. The van der Waals surface area contributed by atoms with Crippen LogP contribution in [0.5, 0.6) is 11.6 Å². The van der Waals surface area contributed by atoms with Crippen LogP contribution in [-0.2, 0) is 0 Å². The van der Waals surface area contributed by atoms with E-state index in [9.17, 15) is 18.4 Å². The van der Waals surface area contributed by atoms with Gasteiger partial charge in [-0.15, -0.1) is 0 Å². The Balaban J connectivity index is 1.55. The van der Waals surface area contributed by atoms with Gasteiger partial charge in [0.15, 0.2) is 11.6 Å². The monoisotopic (exact) mass is 525 g/mol. The Kier molecular flexibility index (Phi) is 8.35. The summed E-state index contributed by atoms with van der Waals surface area (Å²) in [5.74, 6) is -2.02. The number of halogens is 2. The van der Waals surface area contributed by atoms with E-state index in [0.29, 0.717) is 37.3 Å². The molecular weight excluding hydrogens is 496 g/mol. The highest BCUT2D eigenvalue weighted by atomic mass is 19.1. The molecule has 3 heterocycles. The molecule has 3 aromatic rings. The normalized spacial score (nSPS) is 13.8. The van der Waals surface area contributed by atoms with Crippen LogP contribution in [-0.4, -0.2) is 54.1 Å². The maximum Gasteiger partial charge on any atom is 0.270 e. The van der Waals surface area contributed by atoms with Crippen LogP contribution in [0.3, 0.4) is 0 Å². The Morgan fingerprint density at radius 1 is 1.08 bits per heavy atom. The molecule has 1 saturated heterocycles. The highest BCUT2D eigenvalue weighted by Gasteiger charge is 2.26. The number of benzene rings is 1. The summed E-state index contributed by atoms with van der Waals surface area (Å²) in [5, 5.41) is 5.68. The summed E-state index contributed by atoms with van der Waals surface area (Å²) in [7, 11) is 1.43. The number of aromatic nitrogens is 2. The lowest BCUT2D eigenvalue weighted by atomic mass is 10.1. The SMILES string of the molecule is COc1ncccc1C(=O)Nc1cnc(C(=O)NC(C)C)cc1N1CCC(Oc2ccc(F)cc2F)CC1. The molecule has 0 unspecified atom stereocenters. The number of nitrogens with zero attached hydrogens (tertiary/aromatic N) is 3. The van der Waals surface area contributed by atoms with Gasteiger partial charge >= 0.3 is 0 Å². The molecule has 11 heteroatoms. The molecule has 1 aliphatic rings. The number of anilines is 2. The Labute approximate surface area is 219 Å². The average molecular weight is 526 g/mol. The van der Waals surface area contributed by atoms with Crippen molar-refractivity contribution in [2.45, 2.75) is 38.8 Å². The molecule has 0 spiro atoms. The quantitative estimate of drug-likeness (QED) is 0.454. The van der Waals surface area contributed by atoms with Gasteiger partial charge in [0.25, 0.3) is 11.8 Å². The molecule has 2 amide bonds. The van der Waals surface area contributed by atoms with E-state index >= 15 is 0 Å². The van der Waals surface area contributed by atoms with Crippen LogP contribution < -0.4 is 25.0 Å². The number of methoxy groups -OCH3 is 1. The second-order valence-corrected chi connectivity index (χ2v) is 9.11. The van der Waals surface area contributed by atoms with E-state index in [0.717, 1.165) is 12.1 Å². The third-order valence-corrected chi connectivity index (χ3v) is 5.96. The van der Waals surface area contributed by atoms with E-state index in [2.05, 4.69) is 20.6 Å². The second-order valence-electron chi connectivity index (χ2n) is 9.11. The van der Waals surface area contributed by atoms with E-state index in [1.54, 1.807) is 18.2 Å².